The molecule has 3 rings (SSSR count). The first-order valence-corrected chi connectivity index (χ1v) is 7.74. The van der Waals surface area contributed by atoms with E-state index in [2.05, 4.69) is 10.1 Å². The average molecular weight is 330 g/mol. The summed E-state index contributed by atoms with van der Waals surface area (Å²) in [5, 5.41) is 5.74. The highest BCUT2D eigenvalue weighted by Crippen LogP contribution is 2.27. The number of ether oxygens (including phenoxy) is 2. The molecule has 0 aliphatic heterocycles. The first-order chi connectivity index (χ1) is 11.2. The molecule has 23 heavy (non-hydrogen) atoms. The average Bonchev–Trinajstić information content (AvgIpc) is 3.21. The predicted molar refractivity (Wildman–Crippen MR) is 84.5 cm³/mol. The third-order valence-electron chi connectivity index (χ3n) is 3.19. The number of thiophene rings is 1. The van der Waals surface area contributed by atoms with Crippen molar-refractivity contribution >= 4 is 17.3 Å². The van der Waals surface area contributed by atoms with Crippen molar-refractivity contribution in [2.24, 2.45) is 0 Å². The first kappa shape index (κ1) is 15.2. The van der Waals surface area contributed by atoms with E-state index < -0.39 is 5.97 Å². The molecule has 3 aromatic rings. The predicted octanol–water partition coefficient (Wildman–Crippen LogP) is 3.47. The Morgan fingerprint density at radius 2 is 2.13 bits per heavy atom. The molecule has 7 heteroatoms. The van der Waals surface area contributed by atoms with Crippen LogP contribution in [0.15, 0.2) is 40.2 Å². The fourth-order valence-corrected chi connectivity index (χ4v) is 2.84. The minimum atomic E-state index is -0.394. The third-order valence-corrected chi connectivity index (χ3v) is 4.19. The van der Waals surface area contributed by atoms with E-state index in [9.17, 15) is 4.79 Å². The van der Waals surface area contributed by atoms with Gasteiger partial charge in [-0.2, -0.15) is 4.98 Å². The highest BCUT2D eigenvalue weighted by Gasteiger charge is 2.16. The van der Waals surface area contributed by atoms with Gasteiger partial charge in [0.15, 0.2) is 6.61 Å². The number of methoxy groups -OCH3 is 1. The lowest BCUT2D eigenvalue weighted by Gasteiger charge is -2.03. The Bertz CT molecular complexity index is 825. The standard InChI is InChI=1S/C16H14N2O4S/c1-10-7-8-23-14(10)16(19)21-9-13-17-15(18-22-13)11-5-3-4-6-12(11)20-2/h3-8H,9H2,1-2H3. The Labute approximate surface area is 136 Å². The van der Waals surface area contributed by atoms with Crippen LogP contribution in [0.2, 0.25) is 0 Å². The molecule has 0 unspecified atom stereocenters. The molecule has 0 atom stereocenters. The highest BCUT2D eigenvalue weighted by molar-refractivity contribution is 7.12. The quantitative estimate of drug-likeness (QED) is 0.667. The van der Waals surface area contributed by atoms with Crippen molar-refractivity contribution in [3.8, 4) is 17.1 Å². The van der Waals surface area contributed by atoms with Crippen molar-refractivity contribution in [3.63, 3.8) is 0 Å². The van der Waals surface area contributed by atoms with Crippen LogP contribution in [-0.4, -0.2) is 23.2 Å². The van der Waals surface area contributed by atoms with Gasteiger partial charge in [0.05, 0.1) is 12.7 Å². The Kier molecular flexibility index (Phi) is 4.38. The number of carbonyl (C=O) groups excluding carboxylic acids is 1. The van der Waals surface area contributed by atoms with Crippen molar-refractivity contribution in [2.75, 3.05) is 7.11 Å². The zero-order valence-corrected chi connectivity index (χ0v) is 13.4. The second-order valence-corrected chi connectivity index (χ2v) is 5.64. The smallest absolute Gasteiger partial charge is 0.349 e. The first-order valence-electron chi connectivity index (χ1n) is 6.86. The number of benzene rings is 1. The highest BCUT2D eigenvalue weighted by atomic mass is 32.1. The van der Waals surface area contributed by atoms with Crippen molar-refractivity contribution in [1.29, 1.82) is 0 Å². The summed E-state index contributed by atoms with van der Waals surface area (Å²) in [6, 6.07) is 9.22. The van der Waals surface area contributed by atoms with Gasteiger partial charge < -0.3 is 14.0 Å². The summed E-state index contributed by atoms with van der Waals surface area (Å²) < 4.78 is 15.6. The molecule has 0 aliphatic rings. The Morgan fingerprint density at radius 3 is 2.87 bits per heavy atom. The van der Waals surface area contributed by atoms with E-state index >= 15 is 0 Å². The molecule has 0 radical (unpaired) electrons. The molecule has 0 bridgehead atoms. The van der Waals surface area contributed by atoms with E-state index in [4.69, 9.17) is 14.0 Å². The van der Waals surface area contributed by atoms with Crippen LogP contribution in [0.5, 0.6) is 5.75 Å². The molecule has 0 fully saturated rings. The van der Waals surface area contributed by atoms with Crippen LogP contribution in [0.4, 0.5) is 0 Å². The van der Waals surface area contributed by atoms with E-state index in [1.165, 1.54) is 11.3 Å². The zero-order chi connectivity index (χ0) is 16.2. The third kappa shape index (κ3) is 3.24. The molecule has 0 amide bonds. The van der Waals surface area contributed by atoms with Gasteiger partial charge in [-0.3, -0.25) is 0 Å². The molecule has 0 saturated heterocycles. The summed E-state index contributed by atoms with van der Waals surface area (Å²) in [6.45, 7) is 1.79. The number of carbonyl (C=O) groups is 1. The van der Waals surface area contributed by atoms with Gasteiger partial charge in [-0.15, -0.1) is 11.3 Å². The number of esters is 1. The fourth-order valence-electron chi connectivity index (χ4n) is 2.03. The summed E-state index contributed by atoms with van der Waals surface area (Å²) in [7, 11) is 1.57. The molecule has 0 N–H and O–H groups in total. The number of aryl methyl sites for hydroxylation is 1. The van der Waals surface area contributed by atoms with Gasteiger partial charge in [-0.1, -0.05) is 17.3 Å². The summed E-state index contributed by atoms with van der Waals surface area (Å²) in [5.41, 5.74) is 1.60. The number of para-hydroxylation sites is 1. The van der Waals surface area contributed by atoms with Gasteiger partial charge in [0.1, 0.15) is 10.6 Å². The number of nitrogens with zero attached hydrogens (tertiary/aromatic N) is 2. The second kappa shape index (κ2) is 6.62. The van der Waals surface area contributed by atoms with E-state index in [0.717, 1.165) is 5.56 Å². The van der Waals surface area contributed by atoms with Crippen LogP contribution in [0, 0.1) is 6.92 Å². The van der Waals surface area contributed by atoms with Crippen molar-refractivity contribution in [1.82, 2.24) is 10.1 Å². The van der Waals surface area contributed by atoms with Gasteiger partial charge in [-0.25, -0.2) is 4.79 Å². The van der Waals surface area contributed by atoms with Crippen LogP contribution < -0.4 is 4.74 Å². The Hall–Kier alpha value is -2.67. The minimum absolute atomic E-state index is 0.0711. The molecule has 118 valence electrons. The maximum atomic E-state index is 12.0. The molecular formula is C16H14N2O4S. The normalized spacial score (nSPS) is 10.5. The SMILES string of the molecule is COc1ccccc1-c1noc(COC(=O)c2sccc2C)n1. The van der Waals surface area contributed by atoms with Crippen LogP contribution in [0.1, 0.15) is 21.1 Å². The molecule has 0 spiro atoms. The van der Waals surface area contributed by atoms with Crippen LogP contribution in [-0.2, 0) is 11.3 Å². The Morgan fingerprint density at radius 1 is 1.30 bits per heavy atom. The largest absolute Gasteiger partial charge is 0.496 e. The van der Waals surface area contributed by atoms with Gasteiger partial charge in [0, 0.05) is 0 Å². The van der Waals surface area contributed by atoms with Crippen molar-refractivity contribution < 1.29 is 18.8 Å². The summed E-state index contributed by atoms with van der Waals surface area (Å²) >= 11 is 1.34. The monoisotopic (exact) mass is 330 g/mol. The number of hydrogen-bond donors (Lipinski definition) is 0. The summed E-state index contributed by atoms with van der Waals surface area (Å²) in [6.07, 6.45) is 0. The summed E-state index contributed by atoms with van der Waals surface area (Å²) in [5.74, 6) is 0.870. The lowest BCUT2D eigenvalue weighted by molar-refractivity contribution is 0.0435. The van der Waals surface area contributed by atoms with Crippen molar-refractivity contribution in [2.45, 2.75) is 13.5 Å². The Balaban J connectivity index is 1.70. The van der Waals surface area contributed by atoms with Crippen LogP contribution >= 0.6 is 11.3 Å². The van der Waals surface area contributed by atoms with Crippen LogP contribution in [0.3, 0.4) is 0 Å². The molecule has 6 nitrogen and oxygen atoms in total. The second-order valence-electron chi connectivity index (χ2n) is 4.72. The summed E-state index contributed by atoms with van der Waals surface area (Å²) in [4.78, 5) is 16.8. The molecule has 0 aliphatic carbocycles. The van der Waals surface area contributed by atoms with E-state index in [0.29, 0.717) is 22.0 Å². The number of hydrogen-bond acceptors (Lipinski definition) is 7. The van der Waals surface area contributed by atoms with Crippen LogP contribution in [0.25, 0.3) is 11.4 Å². The lowest BCUT2D eigenvalue weighted by atomic mass is 10.2. The fraction of sp³-hybridized carbons (Fsp3) is 0.188. The molecule has 2 heterocycles. The van der Waals surface area contributed by atoms with E-state index in [1.54, 1.807) is 7.11 Å². The molecular weight excluding hydrogens is 316 g/mol. The van der Waals surface area contributed by atoms with Gasteiger partial charge >= 0.3 is 5.97 Å². The zero-order valence-electron chi connectivity index (χ0n) is 12.6. The molecule has 1 aromatic carbocycles. The molecule has 2 aromatic heterocycles. The number of aromatic nitrogens is 2. The van der Waals surface area contributed by atoms with Gasteiger partial charge in [-0.05, 0) is 36.1 Å². The van der Waals surface area contributed by atoms with E-state index in [1.807, 2.05) is 42.6 Å². The van der Waals surface area contributed by atoms with Gasteiger partial charge in [0.2, 0.25) is 5.82 Å². The minimum Gasteiger partial charge on any atom is -0.496 e. The van der Waals surface area contributed by atoms with Gasteiger partial charge in [0.25, 0.3) is 5.89 Å². The lowest BCUT2D eigenvalue weighted by Crippen LogP contribution is -2.04. The maximum Gasteiger partial charge on any atom is 0.349 e. The number of rotatable bonds is 5. The topological polar surface area (TPSA) is 74.5 Å². The maximum absolute atomic E-state index is 12.0. The molecule has 0 saturated carbocycles. The van der Waals surface area contributed by atoms with Crippen molar-refractivity contribution in [3.05, 3.63) is 52.0 Å². The van der Waals surface area contributed by atoms with E-state index in [-0.39, 0.29) is 12.5 Å².